The molecule has 0 atom stereocenters. The average molecular weight is 261 g/mol. The first-order valence-corrected chi connectivity index (χ1v) is 11.0. The van der Waals surface area contributed by atoms with Gasteiger partial charge in [-0.3, -0.25) is 0 Å². The Morgan fingerprint density at radius 3 is 1.88 bits per heavy atom. The van der Waals surface area contributed by atoms with Gasteiger partial charge in [0.1, 0.15) is 9.84 Å². The molecule has 0 radical (unpaired) electrons. The second-order valence-electron chi connectivity index (χ2n) is 2.20. The molecule has 0 aliphatic heterocycles. The summed E-state index contributed by atoms with van der Waals surface area (Å²) in [6, 6.07) is 0. The summed E-state index contributed by atoms with van der Waals surface area (Å²) >= 11 is 3.58. The molecule has 0 heterocycles. The number of nitrogens with zero attached hydrogens (tertiary/aromatic N) is 2. The van der Waals surface area contributed by atoms with E-state index in [2.05, 4.69) is 23.1 Å². The van der Waals surface area contributed by atoms with Crippen molar-refractivity contribution in [1.82, 2.24) is 7.79 Å². The van der Waals surface area contributed by atoms with Crippen LogP contribution in [-0.4, -0.2) is 57.1 Å². The highest BCUT2D eigenvalue weighted by Crippen LogP contribution is 1.79. The maximum absolute atomic E-state index is 3.58. The Morgan fingerprint density at radius 2 is 1.75 bits per heavy atom. The summed E-state index contributed by atoms with van der Waals surface area (Å²) in [4.78, 5) is 0. The topological polar surface area (TPSA) is 6.48 Å². The van der Waals surface area contributed by atoms with Gasteiger partial charge in [-0.2, -0.15) is 0 Å². The minimum absolute atomic E-state index is 0.0676. The van der Waals surface area contributed by atoms with Gasteiger partial charge >= 0.3 is 0 Å². The Hall–Kier alpha value is 1.48. The molecule has 0 fully saturated rings. The predicted molar refractivity (Wildman–Crippen MR) is 59.5 cm³/mol. The molecule has 0 amide bonds. The summed E-state index contributed by atoms with van der Waals surface area (Å²) in [5.74, 6) is 0. The quantitative estimate of drug-likeness (QED) is 0.370. The molecule has 0 bridgehead atoms. The monoisotopic (exact) mass is 260 g/mol. The molecule has 0 rings (SSSR count). The van der Waals surface area contributed by atoms with E-state index >= 15 is 0 Å². The maximum Gasteiger partial charge on any atom is 0.158 e. The molecule has 0 aromatic carbocycles. The van der Waals surface area contributed by atoms with E-state index in [0.717, 1.165) is 0 Å². The summed E-state index contributed by atoms with van der Waals surface area (Å²) in [5.41, 5.74) is 0. The van der Waals surface area contributed by atoms with Gasteiger partial charge in [0.15, 0.2) is 8.30 Å². The Kier molecular flexibility index (Phi) is 6.26. The van der Waals surface area contributed by atoms with Crippen molar-refractivity contribution in [3.8, 4) is 0 Å². The molecule has 0 saturated carbocycles. The van der Waals surface area contributed by atoms with Crippen LogP contribution in [0.25, 0.3) is 0 Å². The molecule has 8 heteroatoms. The number of hydrogen-bond acceptors (Lipinski definition) is 2. The highest BCUT2D eigenvalue weighted by molar-refractivity contribution is 9.23. The fourth-order valence-electron chi connectivity index (χ4n) is 0.521. The third kappa shape index (κ3) is 5.62. The molecule has 0 saturated heterocycles. The van der Waals surface area contributed by atoms with Crippen LogP contribution in [0.4, 0.5) is 0 Å². The average Bonchev–Trinajstić information content (AvgIpc) is 1.65. The molecule has 0 aromatic heterocycles. The number of hydrogen-bond donors (Lipinski definition) is 0. The standard InChI is InChI=1S/BrH13N2Si5/c1-7-3(6)8-2(4)5/h7-8H2,4-6H3. The van der Waals surface area contributed by atoms with E-state index in [1.165, 1.54) is 31.2 Å². The summed E-state index contributed by atoms with van der Waals surface area (Å²) in [6.45, 7) is 0. The van der Waals surface area contributed by atoms with Crippen molar-refractivity contribution in [2.24, 2.45) is 0 Å². The third-order valence-electron chi connectivity index (χ3n) is 0.728. The molecule has 0 unspecified atom stereocenters. The van der Waals surface area contributed by atoms with Crippen LogP contribution >= 0.6 is 15.3 Å². The minimum atomic E-state index is 0.0676. The lowest BCUT2D eigenvalue weighted by Gasteiger charge is -2.17. The molecule has 0 N–H and O–H groups in total. The molecule has 0 aliphatic rings. The smallest absolute Gasteiger partial charge is 0.158 e. The van der Waals surface area contributed by atoms with Gasteiger partial charge in [0.2, 0.25) is 0 Å². The largest absolute Gasteiger partial charge is 0.377 e. The molecule has 50 valence electrons. The van der Waals surface area contributed by atoms with E-state index in [9.17, 15) is 0 Å². The van der Waals surface area contributed by atoms with Crippen molar-refractivity contribution in [3.63, 3.8) is 0 Å². The van der Waals surface area contributed by atoms with Crippen LogP contribution in [0.1, 0.15) is 0 Å². The molecule has 0 aliphatic carbocycles. The van der Waals surface area contributed by atoms with E-state index in [1.807, 2.05) is 0 Å². The highest BCUT2D eigenvalue weighted by Gasteiger charge is 1.94. The molecule has 0 aromatic rings. The SMILES string of the molecule is [SiH3]N([SiH3])[SiH2]N([SiH3])[SiH2]Br. The van der Waals surface area contributed by atoms with Crippen LogP contribution in [0.2, 0.25) is 0 Å². The van der Waals surface area contributed by atoms with Crippen molar-refractivity contribution in [1.29, 1.82) is 0 Å². The van der Waals surface area contributed by atoms with Crippen LogP contribution < -0.4 is 0 Å². The van der Waals surface area contributed by atoms with Crippen molar-refractivity contribution in [2.75, 3.05) is 0 Å². The fourth-order valence-corrected chi connectivity index (χ4v) is 14.8. The van der Waals surface area contributed by atoms with Crippen molar-refractivity contribution in [3.05, 3.63) is 0 Å². The molecule has 0 spiro atoms. The van der Waals surface area contributed by atoms with Crippen LogP contribution in [0.15, 0.2) is 0 Å². The Labute approximate surface area is 72.4 Å². The van der Waals surface area contributed by atoms with Crippen LogP contribution in [0, 0.1) is 0 Å². The zero-order chi connectivity index (χ0) is 6.57. The summed E-state index contributed by atoms with van der Waals surface area (Å²) in [7, 11) is 4.13. The Balaban J connectivity index is 3.10. The summed E-state index contributed by atoms with van der Waals surface area (Å²) < 4.78 is 5.27. The van der Waals surface area contributed by atoms with E-state index in [-0.39, 0.29) is 18.1 Å². The lowest BCUT2D eigenvalue weighted by Crippen LogP contribution is -2.37. The Bertz CT molecular complexity index is 56.4. The van der Waals surface area contributed by atoms with Gasteiger partial charge in [0.25, 0.3) is 0 Å². The van der Waals surface area contributed by atoms with Gasteiger partial charge in [-0.15, -0.1) is 15.3 Å². The maximum atomic E-state index is 3.58. The molecule has 2 nitrogen and oxygen atoms in total. The van der Waals surface area contributed by atoms with Crippen molar-refractivity contribution >= 4 is 64.6 Å². The van der Waals surface area contributed by atoms with Gasteiger partial charge in [-0.05, 0) is 0 Å². The lowest BCUT2D eigenvalue weighted by molar-refractivity contribution is 0.996. The molecular weight excluding hydrogens is 248 g/mol. The normalized spacial score (nSPS) is 15.4. The van der Waals surface area contributed by atoms with Crippen molar-refractivity contribution < 1.29 is 0 Å². The zero-order valence-electron chi connectivity index (χ0n) is 5.69. The molecule has 8 heavy (non-hydrogen) atoms. The minimum Gasteiger partial charge on any atom is -0.377 e. The third-order valence-corrected chi connectivity index (χ3v) is 14.3. The summed E-state index contributed by atoms with van der Waals surface area (Å²) in [5, 5.41) is 0. The second kappa shape index (κ2) is 5.28. The van der Waals surface area contributed by atoms with Gasteiger partial charge in [-0.25, -0.2) is 0 Å². The Morgan fingerprint density at radius 1 is 1.25 bits per heavy atom. The lowest BCUT2D eigenvalue weighted by atomic mass is 13.7. The first-order valence-electron chi connectivity index (χ1n) is 2.56. The second-order valence-corrected chi connectivity index (χ2v) is 19.7. The van der Waals surface area contributed by atoms with E-state index < -0.39 is 0 Å². The first kappa shape index (κ1) is 9.48. The molecular formula is H13BrN2Si5. The summed E-state index contributed by atoms with van der Waals surface area (Å²) in [6.07, 6.45) is 0. The van der Waals surface area contributed by atoms with E-state index in [0.29, 0.717) is 0 Å². The van der Waals surface area contributed by atoms with E-state index in [1.54, 1.807) is 0 Å². The van der Waals surface area contributed by atoms with Gasteiger partial charge in [0, 0.05) is 0 Å². The van der Waals surface area contributed by atoms with E-state index in [4.69, 9.17) is 0 Å². The van der Waals surface area contributed by atoms with Crippen molar-refractivity contribution in [2.45, 2.75) is 0 Å². The highest BCUT2D eigenvalue weighted by atomic mass is 79.9. The number of rotatable bonds is 3. The van der Waals surface area contributed by atoms with Crippen LogP contribution in [-0.2, 0) is 0 Å². The predicted octanol–water partition coefficient (Wildman–Crippen LogP) is -5.18. The van der Waals surface area contributed by atoms with Gasteiger partial charge in [-0.1, -0.05) is 0 Å². The van der Waals surface area contributed by atoms with Gasteiger partial charge < -0.3 is 7.79 Å². The fraction of sp³-hybridized carbons (Fsp3) is 0. The first-order chi connectivity index (χ1) is 3.66. The van der Waals surface area contributed by atoms with Crippen LogP contribution in [0.3, 0.4) is 0 Å². The van der Waals surface area contributed by atoms with Gasteiger partial charge in [0.05, 0.1) is 31.2 Å². The van der Waals surface area contributed by atoms with Crippen LogP contribution in [0.5, 0.6) is 0 Å². The number of halogens is 1. The zero-order valence-corrected chi connectivity index (χ0v) is 16.1.